The minimum absolute atomic E-state index is 0.0365. The van der Waals surface area contributed by atoms with E-state index < -0.39 is 17.7 Å². The molecular weight excluding hydrogens is 416 g/mol. The molecule has 1 amide bonds. The monoisotopic (exact) mass is 442 g/mol. The Labute approximate surface area is 193 Å². The minimum Gasteiger partial charge on any atom is -0.507 e. The number of hydrogen-bond acceptors (Lipinski definition) is 5. The average molecular weight is 443 g/mol. The maximum absolute atomic E-state index is 13.2. The van der Waals surface area contributed by atoms with Gasteiger partial charge >= 0.3 is 0 Å². The topological polar surface area (TPSA) is 79.7 Å². The second-order valence-corrected chi connectivity index (χ2v) is 8.17. The van der Waals surface area contributed by atoms with Crippen LogP contribution in [0.3, 0.4) is 0 Å². The normalized spacial score (nSPS) is 17.4. The van der Waals surface area contributed by atoms with Crippen molar-refractivity contribution in [3.63, 3.8) is 0 Å². The standard InChI is InChI=1S/C27H26N2O4/c1-4-12-33-22-9-7-19(8-10-22)25(30)23-24(20-6-5-11-28-16-20)29(27(32)26(23)31)21-14-17(2)13-18(3)15-21/h5-11,13-16,24,30H,4,12H2,1-3H3/b25-23+. The van der Waals surface area contributed by atoms with E-state index in [0.717, 1.165) is 17.5 Å². The molecule has 1 N–H and O–H groups in total. The number of ketones is 1. The Morgan fingerprint density at radius 3 is 2.36 bits per heavy atom. The molecule has 0 spiro atoms. The van der Waals surface area contributed by atoms with Crippen molar-refractivity contribution in [1.29, 1.82) is 0 Å². The van der Waals surface area contributed by atoms with Crippen molar-refractivity contribution in [2.45, 2.75) is 33.2 Å². The van der Waals surface area contributed by atoms with Gasteiger partial charge in [-0.05, 0) is 79.4 Å². The Morgan fingerprint density at radius 2 is 1.76 bits per heavy atom. The van der Waals surface area contributed by atoms with E-state index in [2.05, 4.69) is 4.98 Å². The second kappa shape index (κ2) is 9.28. The summed E-state index contributed by atoms with van der Waals surface area (Å²) in [7, 11) is 0. The van der Waals surface area contributed by atoms with Crippen LogP contribution < -0.4 is 9.64 Å². The van der Waals surface area contributed by atoms with E-state index >= 15 is 0 Å². The number of pyridine rings is 1. The van der Waals surface area contributed by atoms with Crippen LogP contribution >= 0.6 is 0 Å². The molecule has 0 radical (unpaired) electrons. The largest absolute Gasteiger partial charge is 0.507 e. The molecule has 6 nitrogen and oxygen atoms in total. The molecule has 1 fully saturated rings. The fourth-order valence-corrected chi connectivity index (χ4v) is 4.13. The first-order valence-electron chi connectivity index (χ1n) is 10.9. The van der Waals surface area contributed by atoms with E-state index in [9.17, 15) is 14.7 Å². The molecule has 1 saturated heterocycles. The first-order chi connectivity index (χ1) is 15.9. The first kappa shape index (κ1) is 22.3. The van der Waals surface area contributed by atoms with Crippen LogP contribution in [0.5, 0.6) is 5.75 Å². The van der Waals surface area contributed by atoms with Gasteiger partial charge in [0, 0.05) is 23.6 Å². The van der Waals surface area contributed by atoms with Crippen molar-refractivity contribution < 1.29 is 19.4 Å². The summed E-state index contributed by atoms with van der Waals surface area (Å²) in [5.41, 5.74) is 3.66. The van der Waals surface area contributed by atoms with Gasteiger partial charge in [-0.25, -0.2) is 0 Å². The molecule has 2 heterocycles. The van der Waals surface area contributed by atoms with Crippen LogP contribution in [0.4, 0.5) is 5.69 Å². The summed E-state index contributed by atoms with van der Waals surface area (Å²) in [6.45, 7) is 6.49. The highest BCUT2D eigenvalue weighted by Crippen LogP contribution is 2.42. The molecular formula is C27H26N2O4. The maximum atomic E-state index is 13.2. The van der Waals surface area contributed by atoms with Crippen molar-refractivity contribution in [3.8, 4) is 5.75 Å². The van der Waals surface area contributed by atoms with Gasteiger partial charge in [-0.3, -0.25) is 19.5 Å². The first-order valence-corrected chi connectivity index (χ1v) is 10.9. The number of aromatic nitrogens is 1. The lowest BCUT2D eigenvalue weighted by atomic mass is 9.96. The number of nitrogens with zero attached hydrogens (tertiary/aromatic N) is 2. The third kappa shape index (κ3) is 4.37. The van der Waals surface area contributed by atoms with Crippen molar-refractivity contribution in [2.75, 3.05) is 11.5 Å². The Kier molecular flexibility index (Phi) is 6.27. The molecule has 4 rings (SSSR count). The molecule has 168 valence electrons. The number of Topliss-reactive ketones (excluding diaryl/α,β-unsaturated/α-hetero) is 1. The van der Waals surface area contributed by atoms with E-state index in [4.69, 9.17) is 4.74 Å². The van der Waals surface area contributed by atoms with Gasteiger partial charge in [0.25, 0.3) is 11.7 Å². The molecule has 1 aromatic heterocycles. The molecule has 6 heteroatoms. The fourth-order valence-electron chi connectivity index (χ4n) is 4.13. The van der Waals surface area contributed by atoms with Gasteiger partial charge in [0.2, 0.25) is 0 Å². The Hall–Kier alpha value is -3.93. The number of carbonyl (C=O) groups is 2. The lowest BCUT2D eigenvalue weighted by molar-refractivity contribution is -0.132. The Bertz CT molecular complexity index is 1200. The molecule has 0 saturated carbocycles. The number of ether oxygens (including phenoxy) is 1. The number of aryl methyl sites for hydroxylation is 2. The number of carbonyl (C=O) groups excluding carboxylic acids is 2. The quantitative estimate of drug-likeness (QED) is 0.326. The summed E-state index contributed by atoms with van der Waals surface area (Å²) in [6.07, 6.45) is 4.12. The van der Waals surface area contributed by atoms with E-state index in [-0.39, 0.29) is 11.3 Å². The van der Waals surface area contributed by atoms with Gasteiger partial charge in [-0.15, -0.1) is 0 Å². The number of aliphatic hydroxyl groups excluding tert-OH is 1. The average Bonchev–Trinajstić information content (AvgIpc) is 3.08. The maximum Gasteiger partial charge on any atom is 0.300 e. The SMILES string of the molecule is CCCOc1ccc(/C(O)=C2\C(=O)C(=O)N(c3cc(C)cc(C)c3)C2c2cccnc2)cc1. The van der Waals surface area contributed by atoms with Gasteiger partial charge < -0.3 is 9.84 Å². The van der Waals surface area contributed by atoms with Crippen LogP contribution in [0.15, 0.2) is 72.6 Å². The molecule has 1 atom stereocenters. The fraction of sp³-hybridized carbons (Fsp3) is 0.222. The van der Waals surface area contributed by atoms with Gasteiger partial charge in [0.15, 0.2) is 0 Å². The van der Waals surface area contributed by atoms with E-state index in [1.54, 1.807) is 48.8 Å². The van der Waals surface area contributed by atoms with Crippen molar-refractivity contribution >= 4 is 23.1 Å². The highest BCUT2D eigenvalue weighted by molar-refractivity contribution is 6.51. The van der Waals surface area contributed by atoms with Crippen molar-refractivity contribution in [3.05, 3.63) is 94.8 Å². The summed E-state index contributed by atoms with van der Waals surface area (Å²) in [6, 6.07) is 15.3. The summed E-state index contributed by atoms with van der Waals surface area (Å²) < 4.78 is 5.61. The number of aliphatic hydroxyl groups is 1. The Balaban J connectivity index is 1.85. The molecule has 1 unspecified atom stereocenters. The number of anilines is 1. The number of rotatable bonds is 6. The van der Waals surface area contributed by atoms with Crippen molar-refractivity contribution in [2.24, 2.45) is 0 Å². The van der Waals surface area contributed by atoms with Crippen LogP contribution in [0, 0.1) is 13.8 Å². The molecule has 33 heavy (non-hydrogen) atoms. The lowest BCUT2D eigenvalue weighted by Gasteiger charge is -2.25. The molecule has 3 aromatic rings. The van der Waals surface area contributed by atoms with Gasteiger partial charge in [-0.2, -0.15) is 0 Å². The van der Waals surface area contributed by atoms with E-state index in [1.165, 1.54) is 4.90 Å². The van der Waals surface area contributed by atoms with Crippen LogP contribution in [0.25, 0.3) is 5.76 Å². The van der Waals surface area contributed by atoms with E-state index in [0.29, 0.717) is 29.2 Å². The lowest BCUT2D eigenvalue weighted by Crippen LogP contribution is -2.29. The predicted octanol–water partition coefficient (Wildman–Crippen LogP) is 5.11. The van der Waals surface area contributed by atoms with Crippen LogP contribution in [0.2, 0.25) is 0 Å². The zero-order chi connectivity index (χ0) is 23.5. The summed E-state index contributed by atoms with van der Waals surface area (Å²) in [4.78, 5) is 32.1. The highest BCUT2D eigenvalue weighted by Gasteiger charge is 2.47. The second-order valence-electron chi connectivity index (χ2n) is 8.17. The highest BCUT2D eigenvalue weighted by atomic mass is 16.5. The molecule has 1 aliphatic heterocycles. The molecule has 0 bridgehead atoms. The minimum atomic E-state index is -0.795. The zero-order valence-electron chi connectivity index (χ0n) is 18.9. The summed E-state index contributed by atoms with van der Waals surface area (Å²) in [5.74, 6) is -0.964. The smallest absolute Gasteiger partial charge is 0.300 e. The Morgan fingerprint density at radius 1 is 1.06 bits per heavy atom. The van der Waals surface area contributed by atoms with Gasteiger partial charge in [-0.1, -0.05) is 19.1 Å². The third-order valence-corrected chi connectivity index (χ3v) is 5.53. The summed E-state index contributed by atoms with van der Waals surface area (Å²) >= 11 is 0. The zero-order valence-corrected chi connectivity index (χ0v) is 18.9. The third-order valence-electron chi connectivity index (χ3n) is 5.53. The number of benzene rings is 2. The molecule has 1 aliphatic rings. The number of amides is 1. The predicted molar refractivity (Wildman–Crippen MR) is 127 cm³/mol. The van der Waals surface area contributed by atoms with Crippen molar-refractivity contribution in [1.82, 2.24) is 4.98 Å². The van der Waals surface area contributed by atoms with Crippen LogP contribution in [-0.4, -0.2) is 28.4 Å². The molecule has 2 aromatic carbocycles. The van der Waals surface area contributed by atoms with Crippen LogP contribution in [0.1, 0.15) is 41.6 Å². The van der Waals surface area contributed by atoms with Gasteiger partial charge in [0.1, 0.15) is 11.5 Å². The number of hydrogen-bond donors (Lipinski definition) is 1. The summed E-state index contributed by atoms with van der Waals surface area (Å²) in [5, 5.41) is 11.2. The molecule has 0 aliphatic carbocycles. The van der Waals surface area contributed by atoms with Gasteiger partial charge in [0.05, 0.1) is 18.2 Å². The van der Waals surface area contributed by atoms with E-state index in [1.807, 2.05) is 39.0 Å². The van der Waals surface area contributed by atoms with Crippen LogP contribution in [-0.2, 0) is 9.59 Å².